The Morgan fingerprint density at radius 2 is 2.00 bits per heavy atom. The molecular weight excluding hydrogens is 176 g/mol. The van der Waals surface area contributed by atoms with Gasteiger partial charge >= 0.3 is 0 Å². The Morgan fingerprint density at radius 1 is 1.29 bits per heavy atom. The lowest BCUT2D eigenvalue weighted by atomic mass is 9.97. The number of hydrogen-bond donors (Lipinski definition) is 0. The van der Waals surface area contributed by atoms with Crippen molar-refractivity contribution in [3.8, 4) is 0 Å². The largest absolute Gasteiger partial charge is 0.356 e. The van der Waals surface area contributed by atoms with Gasteiger partial charge in [-0.15, -0.1) is 0 Å². The molecular formula is C12H16O2. The minimum atomic E-state index is -0.0127. The zero-order valence-corrected chi connectivity index (χ0v) is 8.69. The van der Waals surface area contributed by atoms with Crippen molar-refractivity contribution < 1.29 is 9.47 Å². The summed E-state index contributed by atoms with van der Waals surface area (Å²) in [5.41, 5.74) is 2.66. The van der Waals surface area contributed by atoms with Crippen LogP contribution in [0.5, 0.6) is 0 Å². The number of rotatable bonds is 2. The van der Waals surface area contributed by atoms with Gasteiger partial charge in [-0.1, -0.05) is 29.8 Å². The first-order valence-electron chi connectivity index (χ1n) is 5.00. The van der Waals surface area contributed by atoms with Crippen molar-refractivity contribution in [3.05, 3.63) is 35.4 Å². The van der Waals surface area contributed by atoms with Gasteiger partial charge in [0.25, 0.3) is 0 Å². The fourth-order valence-corrected chi connectivity index (χ4v) is 1.83. The molecule has 1 aromatic rings. The average Bonchev–Trinajstić information content (AvgIpc) is 2.67. The van der Waals surface area contributed by atoms with Crippen LogP contribution in [0.25, 0.3) is 0 Å². The van der Waals surface area contributed by atoms with Crippen molar-refractivity contribution in [2.75, 3.05) is 13.7 Å². The highest BCUT2D eigenvalue weighted by Gasteiger charge is 2.26. The van der Waals surface area contributed by atoms with E-state index in [4.69, 9.17) is 9.47 Å². The van der Waals surface area contributed by atoms with Crippen LogP contribution in [0.2, 0.25) is 0 Å². The Hall–Kier alpha value is -0.860. The lowest BCUT2D eigenvalue weighted by Gasteiger charge is -2.08. The quantitative estimate of drug-likeness (QED) is 0.716. The Labute approximate surface area is 84.8 Å². The predicted octanol–water partition coefficient (Wildman–Crippen LogP) is 2.47. The third-order valence-corrected chi connectivity index (χ3v) is 2.77. The van der Waals surface area contributed by atoms with Crippen molar-refractivity contribution in [3.63, 3.8) is 0 Å². The fourth-order valence-electron chi connectivity index (χ4n) is 1.83. The summed E-state index contributed by atoms with van der Waals surface area (Å²) in [6.45, 7) is 2.88. The second-order valence-corrected chi connectivity index (χ2v) is 3.84. The first kappa shape index (κ1) is 9.69. The lowest BCUT2D eigenvalue weighted by molar-refractivity contribution is -0.0880. The molecule has 2 nitrogen and oxygen atoms in total. The van der Waals surface area contributed by atoms with Gasteiger partial charge in [0.05, 0.1) is 6.61 Å². The summed E-state index contributed by atoms with van der Waals surface area (Å²) in [5, 5.41) is 0. The van der Waals surface area contributed by atoms with E-state index < -0.39 is 0 Å². The molecule has 1 fully saturated rings. The van der Waals surface area contributed by atoms with E-state index in [0.717, 1.165) is 13.0 Å². The van der Waals surface area contributed by atoms with E-state index in [2.05, 4.69) is 31.2 Å². The SMILES string of the molecule is COC1CC(c2ccc(C)cc2)CO1. The maximum absolute atomic E-state index is 5.48. The maximum atomic E-state index is 5.48. The van der Waals surface area contributed by atoms with Crippen LogP contribution in [0, 0.1) is 6.92 Å². The van der Waals surface area contributed by atoms with Gasteiger partial charge in [0.2, 0.25) is 0 Å². The summed E-state index contributed by atoms with van der Waals surface area (Å²) in [4.78, 5) is 0. The minimum absolute atomic E-state index is 0.0127. The van der Waals surface area contributed by atoms with Crippen molar-refractivity contribution in [2.45, 2.75) is 25.6 Å². The molecule has 1 aliphatic heterocycles. The number of hydrogen-bond acceptors (Lipinski definition) is 2. The molecule has 0 radical (unpaired) electrons. The molecule has 1 aromatic carbocycles. The molecule has 14 heavy (non-hydrogen) atoms. The Bertz CT molecular complexity index is 292. The monoisotopic (exact) mass is 192 g/mol. The third-order valence-electron chi connectivity index (χ3n) is 2.77. The van der Waals surface area contributed by atoms with E-state index in [1.165, 1.54) is 11.1 Å². The van der Waals surface area contributed by atoms with E-state index >= 15 is 0 Å². The minimum Gasteiger partial charge on any atom is -0.356 e. The second-order valence-electron chi connectivity index (χ2n) is 3.84. The Kier molecular flexibility index (Phi) is 2.85. The zero-order valence-electron chi connectivity index (χ0n) is 8.69. The van der Waals surface area contributed by atoms with Crippen LogP contribution in [0.3, 0.4) is 0 Å². The normalized spacial score (nSPS) is 26.7. The zero-order chi connectivity index (χ0) is 9.97. The third kappa shape index (κ3) is 1.97. The van der Waals surface area contributed by atoms with Crippen LogP contribution in [-0.2, 0) is 9.47 Å². The summed E-state index contributed by atoms with van der Waals surface area (Å²) in [5.74, 6) is 0.501. The van der Waals surface area contributed by atoms with Crippen LogP contribution in [-0.4, -0.2) is 20.0 Å². The molecule has 1 saturated heterocycles. The molecule has 2 heteroatoms. The van der Waals surface area contributed by atoms with Gasteiger partial charge in [-0.05, 0) is 12.5 Å². The Balaban J connectivity index is 2.06. The molecule has 2 unspecified atom stereocenters. The fraction of sp³-hybridized carbons (Fsp3) is 0.500. The molecule has 1 aliphatic rings. The molecule has 0 saturated carbocycles. The summed E-state index contributed by atoms with van der Waals surface area (Å²) in [6.07, 6.45) is 0.959. The average molecular weight is 192 g/mol. The standard InChI is InChI=1S/C12H16O2/c1-9-3-5-10(6-4-9)11-7-12(13-2)14-8-11/h3-6,11-12H,7-8H2,1-2H3. The molecule has 0 amide bonds. The molecule has 1 heterocycles. The van der Waals surface area contributed by atoms with Gasteiger partial charge < -0.3 is 9.47 Å². The van der Waals surface area contributed by atoms with E-state index in [-0.39, 0.29) is 6.29 Å². The second kappa shape index (κ2) is 4.11. The van der Waals surface area contributed by atoms with Crippen molar-refractivity contribution in [1.29, 1.82) is 0 Å². The summed E-state index contributed by atoms with van der Waals surface area (Å²) < 4.78 is 10.6. The van der Waals surface area contributed by atoms with Crippen LogP contribution in [0.1, 0.15) is 23.5 Å². The molecule has 2 atom stereocenters. The molecule has 2 rings (SSSR count). The van der Waals surface area contributed by atoms with E-state index in [9.17, 15) is 0 Å². The predicted molar refractivity (Wildman–Crippen MR) is 55.3 cm³/mol. The molecule has 0 N–H and O–H groups in total. The highest BCUT2D eigenvalue weighted by atomic mass is 16.7. The van der Waals surface area contributed by atoms with Gasteiger partial charge in [0, 0.05) is 19.4 Å². The molecule has 76 valence electrons. The van der Waals surface area contributed by atoms with Gasteiger partial charge in [-0.2, -0.15) is 0 Å². The Morgan fingerprint density at radius 3 is 2.57 bits per heavy atom. The van der Waals surface area contributed by atoms with Crippen LogP contribution in [0.4, 0.5) is 0 Å². The number of benzene rings is 1. The highest BCUT2D eigenvalue weighted by molar-refractivity contribution is 5.25. The number of ether oxygens (including phenoxy) is 2. The van der Waals surface area contributed by atoms with Gasteiger partial charge in [-0.25, -0.2) is 0 Å². The van der Waals surface area contributed by atoms with E-state index in [1.807, 2.05) is 0 Å². The topological polar surface area (TPSA) is 18.5 Å². The number of aryl methyl sites for hydroxylation is 1. The van der Waals surface area contributed by atoms with Crippen LogP contribution >= 0.6 is 0 Å². The van der Waals surface area contributed by atoms with Gasteiger partial charge in [-0.3, -0.25) is 0 Å². The van der Waals surface area contributed by atoms with E-state index in [0.29, 0.717) is 5.92 Å². The smallest absolute Gasteiger partial charge is 0.157 e. The lowest BCUT2D eigenvalue weighted by Crippen LogP contribution is -2.06. The van der Waals surface area contributed by atoms with Crippen molar-refractivity contribution in [2.24, 2.45) is 0 Å². The van der Waals surface area contributed by atoms with Gasteiger partial charge in [0.1, 0.15) is 0 Å². The maximum Gasteiger partial charge on any atom is 0.157 e. The highest BCUT2D eigenvalue weighted by Crippen LogP contribution is 2.29. The first-order valence-corrected chi connectivity index (χ1v) is 5.00. The van der Waals surface area contributed by atoms with E-state index in [1.54, 1.807) is 7.11 Å². The summed E-state index contributed by atoms with van der Waals surface area (Å²) >= 11 is 0. The van der Waals surface area contributed by atoms with Gasteiger partial charge in [0.15, 0.2) is 6.29 Å². The summed E-state index contributed by atoms with van der Waals surface area (Å²) in [6, 6.07) is 8.66. The first-order chi connectivity index (χ1) is 6.79. The van der Waals surface area contributed by atoms with Crippen molar-refractivity contribution >= 4 is 0 Å². The molecule has 0 aliphatic carbocycles. The number of methoxy groups -OCH3 is 1. The molecule has 0 bridgehead atoms. The molecule has 0 spiro atoms. The molecule has 0 aromatic heterocycles. The van der Waals surface area contributed by atoms with Crippen LogP contribution in [0.15, 0.2) is 24.3 Å². The summed E-state index contributed by atoms with van der Waals surface area (Å²) in [7, 11) is 1.70. The van der Waals surface area contributed by atoms with Crippen molar-refractivity contribution in [1.82, 2.24) is 0 Å². The van der Waals surface area contributed by atoms with Crippen LogP contribution < -0.4 is 0 Å².